The third-order valence-electron chi connectivity index (χ3n) is 2.51. The van der Waals surface area contributed by atoms with Crippen LogP contribution in [-0.4, -0.2) is 25.0 Å². The first kappa shape index (κ1) is 11.5. The summed E-state index contributed by atoms with van der Waals surface area (Å²) in [7, 11) is 2.08. The number of benzene rings is 1. The zero-order valence-corrected chi connectivity index (χ0v) is 9.46. The Morgan fingerprint density at radius 1 is 1.36 bits per heavy atom. The topological polar surface area (TPSA) is 29.3 Å². The van der Waals surface area contributed by atoms with Crippen molar-refractivity contribution in [1.29, 1.82) is 0 Å². The highest BCUT2D eigenvalue weighted by molar-refractivity contribution is 6.30. The average Bonchev–Trinajstić information content (AvgIpc) is 2.21. The Morgan fingerprint density at radius 2 is 1.93 bits per heavy atom. The molecule has 0 spiro atoms. The van der Waals surface area contributed by atoms with Crippen LogP contribution >= 0.6 is 11.6 Å². The van der Waals surface area contributed by atoms with Gasteiger partial charge in [-0.25, -0.2) is 0 Å². The van der Waals surface area contributed by atoms with Crippen molar-refractivity contribution in [2.24, 2.45) is 5.73 Å². The number of nitrogens with zero attached hydrogens (tertiary/aromatic N) is 1. The number of likely N-dealkylation sites (N-methyl/N-ethyl adjacent to an activating group) is 1. The van der Waals surface area contributed by atoms with Gasteiger partial charge >= 0.3 is 0 Å². The van der Waals surface area contributed by atoms with Gasteiger partial charge in [0.15, 0.2) is 0 Å². The maximum absolute atomic E-state index is 5.83. The third kappa shape index (κ3) is 2.71. The molecular formula is C11H17ClN2. The molecule has 0 aliphatic heterocycles. The second-order valence-corrected chi connectivity index (χ2v) is 3.81. The molecule has 0 saturated carbocycles. The molecule has 0 aromatic heterocycles. The molecule has 0 aliphatic rings. The van der Waals surface area contributed by atoms with Crippen LogP contribution in [0.5, 0.6) is 0 Å². The molecule has 0 fully saturated rings. The van der Waals surface area contributed by atoms with Crippen LogP contribution in [0, 0.1) is 0 Å². The summed E-state index contributed by atoms with van der Waals surface area (Å²) >= 11 is 5.83. The van der Waals surface area contributed by atoms with Crippen LogP contribution in [0.4, 0.5) is 0 Å². The lowest BCUT2D eigenvalue weighted by Crippen LogP contribution is -2.30. The van der Waals surface area contributed by atoms with Crippen molar-refractivity contribution < 1.29 is 0 Å². The highest BCUT2D eigenvalue weighted by Gasteiger charge is 2.13. The van der Waals surface area contributed by atoms with E-state index < -0.39 is 0 Å². The van der Waals surface area contributed by atoms with Gasteiger partial charge < -0.3 is 5.73 Å². The summed E-state index contributed by atoms with van der Waals surface area (Å²) in [6, 6.07) is 8.17. The van der Waals surface area contributed by atoms with E-state index in [-0.39, 0.29) is 6.04 Å². The van der Waals surface area contributed by atoms with E-state index in [0.717, 1.165) is 11.6 Å². The van der Waals surface area contributed by atoms with Crippen molar-refractivity contribution in [3.8, 4) is 0 Å². The molecule has 2 N–H and O–H groups in total. The van der Waals surface area contributed by atoms with Crippen LogP contribution in [0.1, 0.15) is 18.5 Å². The maximum atomic E-state index is 5.83. The first-order valence-electron chi connectivity index (χ1n) is 4.84. The van der Waals surface area contributed by atoms with E-state index in [4.69, 9.17) is 17.3 Å². The van der Waals surface area contributed by atoms with Crippen LogP contribution in [0.25, 0.3) is 0 Å². The van der Waals surface area contributed by atoms with E-state index >= 15 is 0 Å². The van der Waals surface area contributed by atoms with Crippen LogP contribution in [0.15, 0.2) is 24.3 Å². The molecule has 1 rings (SSSR count). The van der Waals surface area contributed by atoms with Gasteiger partial charge in [-0.2, -0.15) is 0 Å². The zero-order chi connectivity index (χ0) is 10.6. The molecule has 78 valence electrons. The lowest BCUT2D eigenvalue weighted by molar-refractivity contribution is 0.263. The SMILES string of the molecule is CCN(C)C(CN)c1ccc(Cl)cc1. The average molecular weight is 213 g/mol. The molecular weight excluding hydrogens is 196 g/mol. The fourth-order valence-corrected chi connectivity index (χ4v) is 1.60. The van der Waals surface area contributed by atoms with Gasteiger partial charge in [0.1, 0.15) is 0 Å². The molecule has 0 radical (unpaired) electrons. The predicted octanol–water partition coefficient (Wildman–Crippen LogP) is 2.29. The number of rotatable bonds is 4. The summed E-state index contributed by atoms with van der Waals surface area (Å²) in [4.78, 5) is 2.23. The van der Waals surface area contributed by atoms with Crippen molar-refractivity contribution in [2.75, 3.05) is 20.1 Å². The molecule has 0 amide bonds. The number of hydrogen-bond donors (Lipinski definition) is 1. The summed E-state index contributed by atoms with van der Waals surface area (Å²) in [5.74, 6) is 0. The molecule has 14 heavy (non-hydrogen) atoms. The summed E-state index contributed by atoms with van der Waals surface area (Å²) in [6.07, 6.45) is 0. The number of nitrogens with two attached hydrogens (primary N) is 1. The Balaban J connectivity index is 2.84. The van der Waals surface area contributed by atoms with Gasteiger partial charge in [0.05, 0.1) is 0 Å². The van der Waals surface area contributed by atoms with Crippen molar-refractivity contribution in [1.82, 2.24) is 4.90 Å². The van der Waals surface area contributed by atoms with Gasteiger partial charge in [-0.05, 0) is 31.3 Å². The minimum Gasteiger partial charge on any atom is -0.329 e. The lowest BCUT2D eigenvalue weighted by Gasteiger charge is -2.25. The molecule has 2 nitrogen and oxygen atoms in total. The van der Waals surface area contributed by atoms with E-state index in [1.54, 1.807) is 0 Å². The molecule has 3 heteroatoms. The quantitative estimate of drug-likeness (QED) is 0.830. The minimum atomic E-state index is 0.289. The summed E-state index contributed by atoms with van der Waals surface area (Å²) < 4.78 is 0. The maximum Gasteiger partial charge on any atom is 0.0467 e. The third-order valence-corrected chi connectivity index (χ3v) is 2.76. The van der Waals surface area contributed by atoms with Crippen molar-refractivity contribution in [3.63, 3.8) is 0 Å². The molecule has 1 aromatic carbocycles. The Morgan fingerprint density at radius 3 is 2.36 bits per heavy atom. The first-order valence-corrected chi connectivity index (χ1v) is 5.22. The zero-order valence-electron chi connectivity index (χ0n) is 8.70. The monoisotopic (exact) mass is 212 g/mol. The normalized spacial score (nSPS) is 13.2. The largest absolute Gasteiger partial charge is 0.329 e. The Bertz CT molecular complexity index is 271. The van der Waals surface area contributed by atoms with Crippen LogP contribution in [0.2, 0.25) is 5.02 Å². The Hall–Kier alpha value is -0.570. The highest BCUT2D eigenvalue weighted by atomic mass is 35.5. The second-order valence-electron chi connectivity index (χ2n) is 3.38. The molecule has 0 bridgehead atoms. The minimum absolute atomic E-state index is 0.289. The summed E-state index contributed by atoms with van der Waals surface area (Å²) in [5, 5.41) is 0.767. The highest BCUT2D eigenvalue weighted by Crippen LogP contribution is 2.19. The molecule has 1 aromatic rings. The van der Waals surface area contributed by atoms with E-state index in [2.05, 4.69) is 18.9 Å². The van der Waals surface area contributed by atoms with Crippen LogP contribution in [0.3, 0.4) is 0 Å². The van der Waals surface area contributed by atoms with Crippen molar-refractivity contribution in [2.45, 2.75) is 13.0 Å². The standard InChI is InChI=1S/C11H17ClN2/c1-3-14(2)11(8-13)9-4-6-10(12)7-5-9/h4-7,11H,3,8,13H2,1-2H3. The Labute approximate surface area is 90.7 Å². The van der Waals surface area contributed by atoms with E-state index in [9.17, 15) is 0 Å². The van der Waals surface area contributed by atoms with Crippen molar-refractivity contribution in [3.05, 3.63) is 34.9 Å². The van der Waals surface area contributed by atoms with Gasteiger partial charge in [-0.3, -0.25) is 4.90 Å². The Kier molecular flexibility index (Phi) is 4.39. The molecule has 0 aliphatic carbocycles. The molecule has 0 heterocycles. The lowest BCUT2D eigenvalue weighted by atomic mass is 10.1. The van der Waals surface area contributed by atoms with E-state index in [0.29, 0.717) is 6.54 Å². The summed E-state index contributed by atoms with van der Waals surface area (Å²) in [5.41, 5.74) is 6.97. The smallest absolute Gasteiger partial charge is 0.0467 e. The number of hydrogen-bond acceptors (Lipinski definition) is 2. The molecule has 1 atom stereocenters. The van der Waals surface area contributed by atoms with Gasteiger partial charge in [0.25, 0.3) is 0 Å². The van der Waals surface area contributed by atoms with E-state index in [1.165, 1.54) is 5.56 Å². The fourth-order valence-electron chi connectivity index (χ4n) is 1.48. The van der Waals surface area contributed by atoms with Gasteiger partial charge in [-0.1, -0.05) is 30.7 Å². The number of halogens is 1. The van der Waals surface area contributed by atoms with Gasteiger partial charge in [0, 0.05) is 17.6 Å². The predicted molar refractivity (Wildman–Crippen MR) is 61.6 cm³/mol. The van der Waals surface area contributed by atoms with Crippen LogP contribution < -0.4 is 5.73 Å². The van der Waals surface area contributed by atoms with Crippen molar-refractivity contribution >= 4 is 11.6 Å². The summed E-state index contributed by atoms with van der Waals surface area (Å²) in [6.45, 7) is 3.75. The molecule has 0 saturated heterocycles. The first-order chi connectivity index (χ1) is 6.69. The second kappa shape index (κ2) is 5.35. The molecule has 1 unspecified atom stereocenters. The van der Waals surface area contributed by atoms with E-state index in [1.807, 2.05) is 24.3 Å². The fraction of sp³-hybridized carbons (Fsp3) is 0.455. The van der Waals surface area contributed by atoms with Gasteiger partial charge in [0.2, 0.25) is 0 Å². The van der Waals surface area contributed by atoms with Gasteiger partial charge in [-0.15, -0.1) is 0 Å². The van der Waals surface area contributed by atoms with Crippen LogP contribution in [-0.2, 0) is 0 Å².